The second kappa shape index (κ2) is 7.23. The standard InChI is InChI=1S/C10H21N3O2/c1-4-7(2)9(11)10(15)13-6-5-8(14)12-3/h7,9H,4-6,11H2,1-3H3,(H,12,14)(H,13,15)/t7?,9-/m0/s1. The predicted molar refractivity (Wildman–Crippen MR) is 59.1 cm³/mol. The maximum absolute atomic E-state index is 11.4. The Kier molecular flexibility index (Phi) is 6.70. The third kappa shape index (κ3) is 5.37. The van der Waals surface area contributed by atoms with Gasteiger partial charge in [0, 0.05) is 20.0 Å². The van der Waals surface area contributed by atoms with Gasteiger partial charge in [-0.05, 0) is 5.92 Å². The molecule has 0 aliphatic rings. The highest BCUT2D eigenvalue weighted by atomic mass is 16.2. The second-order valence-electron chi connectivity index (χ2n) is 3.63. The van der Waals surface area contributed by atoms with E-state index in [4.69, 9.17) is 5.73 Å². The zero-order valence-corrected chi connectivity index (χ0v) is 9.67. The summed E-state index contributed by atoms with van der Waals surface area (Å²) < 4.78 is 0. The fraction of sp³-hybridized carbons (Fsp3) is 0.800. The van der Waals surface area contributed by atoms with Crippen LogP contribution in [0.1, 0.15) is 26.7 Å². The van der Waals surface area contributed by atoms with Crippen molar-refractivity contribution < 1.29 is 9.59 Å². The molecule has 5 heteroatoms. The van der Waals surface area contributed by atoms with Gasteiger partial charge in [-0.15, -0.1) is 0 Å². The Morgan fingerprint density at radius 3 is 2.47 bits per heavy atom. The molecule has 0 saturated carbocycles. The minimum absolute atomic E-state index is 0.0904. The number of amides is 2. The van der Waals surface area contributed by atoms with E-state index >= 15 is 0 Å². The summed E-state index contributed by atoms with van der Waals surface area (Å²) in [6.07, 6.45) is 1.15. The van der Waals surface area contributed by atoms with Crippen LogP contribution in [0.4, 0.5) is 0 Å². The largest absolute Gasteiger partial charge is 0.359 e. The first kappa shape index (κ1) is 13.9. The Hall–Kier alpha value is -1.10. The molecule has 0 spiro atoms. The highest BCUT2D eigenvalue weighted by Gasteiger charge is 2.18. The topological polar surface area (TPSA) is 84.2 Å². The summed E-state index contributed by atoms with van der Waals surface area (Å²) >= 11 is 0. The molecule has 0 aliphatic heterocycles. The first-order valence-electron chi connectivity index (χ1n) is 5.26. The Morgan fingerprint density at radius 2 is 2.00 bits per heavy atom. The van der Waals surface area contributed by atoms with Crippen molar-refractivity contribution in [1.29, 1.82) is 0 Å². The molecule has 5 nitrogen and oxygen atoms in total. The van der Waals surface area contributed by atoms with Crippen molar-refractivity contribution in [3.8, 4) is 0 Å². The van der Waals surface area contributed by atoms with Crippen LogP contribution in [0.3, 0.4) is 0 Å². The van der Waals surface area contributed by atoms with Crippen LogP contribution in [-0.2, 0) is 9.59 Å². The summed E-state index contributed by atoms with van der Waals surface area (Å²) in [6.45, 7) is 4.26. The average Bonchev–Trinajstić information content (AvgIpc) is 2.26. The molecule has 0 aromatic heterocycles. The van der Waals surface area contributed by atoms with E-state index in [1.54, 1.807) is 7.05 Å². The van der Waals surface area contributed by atoms with Gasteiger partial charge in [-0.25, -0.2) is 0 Å². The normalized spacial score (nSPS) is 14.1. The molecule has 0 aromatic carbocycles. The van der Waals surface area contributed by atoms with Gasteiger partial charge in [0.25, 0.3) is 0 Å². The Morgan fingerprint density at radius 1 is 1.40 bits per heavy atom. The van der Waals surface area contributed by atoms with Gasteiger partial charge in [-0.3, -0.25) is 9.59 Å². The number of carbonyl (C=O) groups is 2. The average molecular weight is 215 g/mol. The molecule has 0 fully saturated rings. The smallest absolute Gasteiger partial charge is 0.237 e. The van der Waals surface area contributed by atoms with Crippen molar-refractivity contribution in [2.45, 2.75) is 32.7 Å². The van der Waals surface area contributed by atoms with Gasteiger partial charge in [0.15, 0.2) is 0 Å². The molecule has 0 saturated heterocycles. The quantitative estimate of drug-likeness (QED) is 0.564. The van der Waals surface area contributed by atoms with Crippen molar-refractivity contribution in [2.75, 3.05) is 13.6 Å². The van der Waals surface area contributed by atoms with E-state index in [2.05, 4.69) is 10.6 Å². The summed E-state index contributed by atoms with van der Waals surface area (Å²) in [7, 11) is 1.56. The molecule has 2 atom stereocenters. The first-order chi connectivity index (χ1) is 7.02. The fourth-order valence-corrected chi connectivity index (χ4v) is 1.05. The third-order valence-electron chi connectivity index (χ3n) is 2.49. The SMILES string of the molecule is CCC(C)[C@H](N)C(=O)NCCC(=O)NC. The van der Waals surface area contributed by atoms with E-state index in [0.717, 1.165) is 6.42 Å². The van der Waals surface area contributed by atoms with Gasteiger partial charge in [0.2, 0.25) is 11.8 Å². The highest BCUT2D eigenvalue weighted by Crippen LogP contribution is 2.04. The van der Waals surface area contributed by atoms with Crippen LogP contribution in [0.25, 0.3) is 0 Å². The lowest BCUT2D eigenvalue weighted by molar-refractivity contribution is -0.123. The lowest BCUT2D eigenvalue weighted by Gasteiger charge is -2.17. The van der Waals surface area contributed by atoms with Crippen LogP contribution in [0.2, 0.25) is 0 Å². The van der Waals surface area contributed by atoms with Crippen LogP contribution in [0.5, 0.6) is 0 Å². The minimum Gasteiger partial charge on any atom is -0.359 e. The summed E-state index contributed by atoms with van der Waals surface area (Å²) in [5, 5.41) is 5.12. The summed E-state index contributed by atoms with van der Waals surface area (Å²) in [5.74, 6) is -0.120. The molecule has 0 rings (SSSR count). The minimum atomic E-state index is -0.486. The zero-order chi connectivity index (χ0) is 11.8. The zero-order valence-electron chi connectivity index (χ0n) is 9.67. The van der Waals surface area contributed by atoms with Crippen molar-refractivity contribution in [3.05, 3.63) is 0 Å². The summed E-state index contributed by atoms with van der Waals surface area (Å²) in [4.78, 5) is 22.3. The molecule has 88 valence electrons. The monoisotopic (exact) mass is 215 g/mol. The lowest BCUT2D eigenvalue weighted by atomic mass is 9.99. The molecular formula is C10H21N3O2. The molecule has 15 heavy (non-hydrogen) atoms. The molecule has 0 radical (unpaired) electrons. The molecule has 0 aliphatic carbocycles. The lowest BCUT2D eigenvalue weighted by Crippen LogP contribution is -2.45. The predicted octanol–water partition coefficient (Wildman–Crippen LogP) is -0.388. The van der Waals surface area contributed by atoms with Crippen LogP contribution in [0, 0.1) is 5.92 Å². The Labute approximate surface area is 90.8 Å². The van der Waals surface area contributed by atoms with Crippen molar-refractivity contribution >= 4 is 11.8 Å². The van der Waals surface area contributed by atoms with E-state index < -0.39 is 6.04 Å². The van der Waals surface area contributed by atoms with Crippen LogP contribution in [-0.4, -0.2) is 31.4 Å². The maximum Gasteiger partial charge on any atom is 0.237 e. The van der Waals surface area contributed by atoms with Crippen molar-refractivity contribution in [3.63, 3.8) is 0 Å². The number of hydrogen-bond donors (Lipinski definition) is 3. The van der Waals surface area contributed by atoms with Gasteiger partial charge in [0.05, 0.1) is 6.04 Å². The van der Waals surface area contributed by atoms with Crippen molar-refractivity contribution in [2.24, 2.45) is 11.7 Å². The third-order valence-corrected chi connectivity index (χ3v) is 2.49. The van der Waals surface area contributed by atoms with E-state index in [-0.39, 0.29) is 24.2 Å². The molecule has 0 aromatic rings. The van der Waals surface area contributed by atoms with Gasteiger partial charge in [0.1, 0.15) is 0 Å². The fourth-order valence-electron chi connectivity index (χ4n) is 1.05. The molecule has 0 bridgehead atoms. The van der Waals surface area contributed by atoms with Crippen LogP contribution < -0.4 is 16.4 Å². The maximum atomic E-state index is 11.4. The number of nitrogens with one attached hydrogen (secondary N) is 2. The molecule has 2 amide bonds. The first-order valence-corrected chi connectivity index (χ1v) is 5.26. The number of nitrogens with two attached hydrogens (primary N) is 1. The van der Waals surface area contributed by atoms with Crippen LogP contribution in [0.15, 0.2) is 0 Å². The number of rotatable bonds is 6. The van der Waals surface area contributed by atoms with Gasteiger partial charge in [-0.2, -0.15) is 0 Å². The van der Waals surface area contributed by atoms with E-state index in [1.807, 2.05) is 13.8 Å². The highest BCUT2D eigenvalue weighted by molar-refractivity contribution is 5.82. The Balaban J connectivity index is 3.78. The molecular weight excluding hydrogens is 194 g/mol. The number of hydrogen-bond acceptors (Lipinski definition) is 3. The van der Waals surface area contributed by atoms with E-state index in [0.29, 0.717) is 6.54 Å². The van der Waals surface area contributed by atoms with Gasteiger partial charge >= 0.3 is 0 Å². The van der Waals surface area contributed by atoms with E-state index in [1.165, 1.54) is 0 Å². The van der Waals surface area contributed by atoms with E-state index in [9.17, 15) is 9.59 Å². The van der Waals surface area contributed by atoms with Crippen molar-refractivity contribution in [1.82, 2.24) is 10.6 Å². The number of carbonyl (C=O) groups excluding carboxylic acids is 2. The molecule has 1 unspecified atom stereocenters. The summed E-state index contributed by atoms with van der Waals surface area (Å²) in [6, 6.07) is -0.486. The summed E-state index contributed by atoms with van der Waals surface area (Å²) in [5.41, 5.74) is 5.71. The molecule has 4 N–H and O–H groups in total. The van der Waals surface area contributed by atoms with Gasteiger partial charge in [-0.1, -0.05) is 20.3 Å². The Bertz CT molecular complexity index is 219. The molecule has 0 heterocycles. The second-order valence-corrected chi connectivity index (χ2v) is 3.63. The van der Waals surface area contributed by atoms with Gasteiger partial charge < -0.3 is 16.4 Å². The van der Waals surface area contributed by atoms with Crippen LogP contribution >= 0.6 is 0 Å².